The molecule has 1 heterocycles. The molecule has 4 fully saturated rings. The molecule has 1 unspecified atom stereocenters. The third-order valence-electron chi connectivity index (χ3n) is 5.99. The normalized spacial score (nSPS) is 38.8. The molecular formula is C16H25N3S2. The molecule has 0 saturated heterocycles. The maximum atomic E-state index is 4.20. The number of aromatic nitrogens is 2. The van der Waals surface area contributed by atoms with Gasteiger partial charge in [-0.15, -0.1) is 10.2 Å². The number of nitrogens with one attached hydrogen (secondary N) is 1. The summed E-state index contributed by atoms with van der Waals surface area (Å²) in [6.45, 7) is 3.34. The van der Waals surface area contributed by atoms with Crippen LogP contribution in [0.1, 0.15) is 45.4 Å². The van der Waals surface area contributed by atoms with Gasteiger partial charge < -0.3 is 5.32 Å². The SMILES string of the molecule is CCNC(CSc1nncs1)C12CC3CC(CC(C3)C1)C2. The first kappa shape index (κ1) is 14.5. The number of thioether (sulfide) groups is 1. The minimum Gasteiger partial charge on any atom is -0.313 e. The molecule has 0 radical (unpaired) electrons. The van der Waals surface area contributed by atoms with Gasteiger partial charge in [-0.3, -0.25) is 0 Å². The topological polar surface area (TPSA) is 37.8 Å². The molecule has 4 aliphatic carbocycles. The van der Waals surface area contributed by atoms with Crippen molar-refractivity contribution in [3.05, 3.63) is 5.51 Å². The first-order valence-corrected chi connectivity index (χ1v) is 10.3. The quantitative estimate of drug-likeness (QED) is 0.808. The summed E-state index contributed by atoms with van der Waals surface area (Å²) in [4.78, 5) is 0. The van der Waals surface area contributed by atoms with Crippen LogP contribution in [0.5, 0.6) is 0 Å². The van der Waals surface area contributed by atoms with Crippen LogP contribution in [0, 0.1) is 23.2 Å². The largest absolute Gasteiger partial charge is 0.313 e. The van der Waals surface area contributed by atoms with Gasteiger partial charge in [-0.1, -0.05) is 30.0 Å². The number of nitrogens with zero attached hydrogens (tertiary/aromatic N) is 2. The molecule has 0 aliphatic heterocycles. The van der Waals surface area contributed by atoms with E-state index < -0.39 is 0 Å². The van der Waals surface area contributed by atoms with Crippen LogP contribution in [-0.4, -0.2) is 28.5 Å². The Morgan fingerprint density at radius 3 is 2.48 bits per heavy atom. The van der Waals surface area contributed by atoms with E-state index in [4.69, 9.17) is 0 Å². The Morgan fingerprint density at radius 1 is 1.29 bits per heavy atom. The van der Waals surface area contributed by atoms with E-state index in [1.54, 1.807) is 11.3 Å². The van der Waals surface area contributed by atoms with E-state index in [2.05, 4.69) is 22.4 Å². The lowest BCUT2D eigenvalue weighted by Crippen LogP contribution is -2.56. The van der Waals surface area contributed by atoms with E-state index in [1.165, 1.54) is 38.5 Å². The van der Waals surface area contributed by atoms with Crippen molar-refractivity contribution in [2.45, 2.75) is 55.8 Å². The van der Waals surface area contributed by atoms with Crippen LogP contribution in [0.25, 0.3) is 0 Å². The Morgan fingerprint density at radius 2 is 1.95 bits per heavy atom. The molecule has 4 bridgehead atoms. The first-order chi connectivity index (χ1) is 10.3. The zero-order chi connectivity index (χ0) is 14.3. The molecule has 21 heavy (non-hydrogen) atoms. The van der Waals surface area contributed by atoms with Gasteiger partial charge in [0, 0.05) is 11.8 Å². The number of rotatable bonds is 6. The van der Waals surface area contributed by atoms with Gasteiger partial charge in [-0.25, -0.2) is 0 Å². The Labute approximate surface area is 135 Å². The molecule has 0 aromatic carbocycles. The van der Waals surface area contributed by atoms with Gasteiger partial charge in [0.05, 0.1) is 0 Å². The van der Waals surface area contributed by atoms with Crippen molar-refractivity contribution >= 4 is 23.1 Å². The van der Waals surface area contributed by atoms with Gasteiger partial charge in [0.1, 0.15) is 5.51 Å². The summed E-state index contributed by atoms with van der Waals surface area (Å²) < 4.78 is 1.13. The lowest BCUT2D eigenvalue weighted by atomic mass is 9.48. The maximum Gasteiger partial charge on any atom is 0.174 e. The Balaban J connectivity index is 1.50. The van der Waals surface area contributed by atoms with Crippen LogP contribution >= 0.6 is 23.1 Å². The molecule has 4 saturated carbocycles. The van der Waals surface area contributed by atoms with Gasteiger partial charge in [-0.2, -0.15) is 0 Å². The van der Waals surface area contributed by atoms with Crippen molar-refractivity contribution in [3.8, 4) is 0 Å². The molecule has 5 heteroatoms. The fourth-order valence-corrected chi connectivity index (χ4v) is 7.45. The summed E-state index contributed by atoms with van der Waals surface area (Å²) in [5, 5.41) is 12.0. The van der Waals surface area contributed by atoms with E-state index in [0.717, 1.165) is 34.4 Å². The van der Waals surface area contributed by atoms with Gasteiger partial charge >= 0.3 is 0 Å². The van der Waals surface area contributed by atoms with Crippen molar-refractivity contribution in [3.63, 3.8) is 0 Å². The molecule has 0 spiro atoms. The molecule has 1 aromatic heterocycles. The Kier molecular flexibility index (Phi) is 4.01. The van der Waals surface area contributed by atoms with Crippen molar-refractivity contribution in [1.29, 1.82) is 0 Å². The summed E-state index contributed by atoms with van der Waals surface area (Å²) in [7, 11) is 0. The summed E-state index contributed by atoms with van der Waals surface area (Å²) in [6.07, 6.45) is 9.03. The Bertz CT molecular complexity index is 439. The summed E-state index contributed by atoms with van der Waals surface area (Å²) in [5.74, 6) is 4.26. The lowest BCUT2D eigenvalue weighted by Gasteiger charge is -2.59. The van der Waals surface area contributed by atoms with E-state index in [-0.39, 0.29) is 0 Å². The standard InChI is InChI=1S/C16H25N3S2/c1-2-17-14(9-20-15-19-18-10-21-15)16-6-11-3-12(7-16)5-13(4-11)8-16/h10-14,17H,2-9H2,1H3. The maximum absolute atomic E-state index is 4.20. The Hall–Kier alpha value is -0.130. The van der Waals surface area contributed by atoms with Gasteiger partial charge in [0.15, 0.2) is 4.34 Å². The smallest absolute Gasteiger partial charge is 0.174 e. The zero-order valence-corrected chi connectivity index (χ0v) is 14.4. The van der Waals surface area contributed by atoms with Crippen LogP contribution in [-0.2, 0) is 0 Å². The third-order valence-corrected chi connectivity index (χ3v) is 7.94. The van der Waals surface area contributed by atoms with Crippen molar-refractivity contribution in [2.75, 3.05) is 12.3 Å². The zero-order valence-electron chi connectivity index (χ0n) is 12.8. The second-order valence-corrected chi connectivity index (χ2v) is 9.51. The number of hydrogen-bond donors (Lipinski definition) is 1. The number of hydrogen-bond acceptors (Lipinski definition) is 5. The van der Waals surface area contributed by atoms with Crippen LogP contribution < -0.4 is 5.32 Å². The highest BCUT2D eigenvalue weighted by atomic mass is 32.2. The average molecular weight is 324 g/mol. The molecular weight excluding hydrogens is 298 g/mol. The third kappa shape index (κ3) is 2.77. The van der Waals surface area contributed by atoms with Gasteiger partial charge in [0.2, 0.25) is 0 Å². The second-order valence-electron chi connectivity index (χ2n) is 7.41. The summed E-state index contributed by atoms with van der Waals surface area (Å²) in [6, 6.07) is 0.657. The predicted octanol–water partition coefficient (Wildman–Crippen LogP) is 3.82. The second kappa shape index (κ2) is 5.82. The summed E-state index contributed by atoms with van der Waals surface area (Å²) >= 11 is 3.58. The van der Waals surface area contributed by atoms with E-state index in [9.17, 15) is 0 Å². The minimum atomic E-state index is 0.586. The van der Waals surface area contributed by atoms with E-state index >= 15 is 0 Å². The molecule has 1 atom stereocenters. The van der Waals surface area contributed by atoms with Crippen LogP contribution in [0.3, 0.4) is 0 Å². The predicted molar refractivity (Wildman–Crippen MR) is 88.7 cm³/mol. The molecule has 4 aliphatic rings. The molecule has 0 amide bonds. The van der Waals surface area contributed by atoms with Crippen LogP contribution in [0.15, 0.2) is 9.85 Å². The molecule has 1 aromatic rings. The van der Waals surface area contributed by atoms with Gasteiger partial charge in [-0.05, 0) is 68.2 Å². The van der Waals surface area contributed by atoms with Crippen molar-refractivity contribution < 1.29 is 0 Å². The van der Waals surface area contributed by atoms with Crippen LogP contribution in [0.4, 0.5) is 0 Å². The van der Waals surface area contributed by atoms with Crippen LogP contribution in [0.2, 0.25) is 0 Å². The molecule has 116 valence electrons. The van der Waals surface area contributed by atoms with E-state index in [0.29, 0.717) is 11.5 Å². The molecule has 3 nitrogen and oxygen atoms in total. The fraction of sp³-hybridized carbons (Fsp3) is 0.875. The molecule has 1 N–H and O–H groups in total. The lowest BCUT2D eigenvalue weighted by molar-refractivity contribution is -0.0691. The van der Waals surface area contributed by atoms with E-state index in [1.807, 2.05) is 17.3 Å². The summed E-state index contributed by atoms with van der Waals surface area (Å²) in [5.41, 5.74) is 2.43. The highest BCUT2D eigenvalue weighted by molar-refractivity contribution is 8.01. The van der Waals surface area contributed by atoms with Gasteiger partial charge in [0.25, 0.3) is 0 Å². The molecule has 5 rings (SSSR count). The van der Waals surface area contributed by atoms with Crippen molar-refractivity contribution in [1.82, 2.24) is 15.5 Å². The highest BCUT2D eigenvalue weighted by Crippen LogP contribution is 2.61. The first-order valence-electron chi connectivity index (χ1n) is 8.40. The fourth-order valence-electron chi connectivity index (χ4n) is 5.68. The van der Waals surface area contributed by atoms with Crippen molar-refractivity contribution in [2.24, 2.45) is 23.2 Å². The highest BCUT2D eigenvalue weighted by Gasteiger charge is 2.53. The minimum absolute atomic E-state index is 0.586. The monoisotopic (exact) mass is 323 g/mol. The average Bonchev–Trinajstić information content (AvgIpc) is 2.95.